The number of hydrogen-bond donors (Lipinski definition) is 1. The number of carbonyl (C=O) groups is 2. The highest BCUT2D eigenvalue weighted by molar-refractivity contribution is 7.89. The van der Waals surface area contributed by atoms with E-state index in [2.05, 4.69) is 11.4 Å². The second-order valence-electron chi connectivity index (χ2n) is 8.97. The molecule has 9 heteroatoms. The zero-order valence-electron chi connectivity index (χ0n) is 20.0. The fraction of sp³-hybridized carbons (Fsp3) is 0.462. The number of amides is 1. The molecule has 1 unspecified atom stereocenters. The van der Waals surface area contributed by atoms with Gasteiger partial charge in [-0.1, -0.05) is 37.1 Å². The highest BCUT2D eigenvalue weighted by Gasteiger charge is 2.28. The van der Waals surface area contributed by atoms with Gasteiger partial charge in [0.15, 0.2) is 6.61 Å². The first-order chi connectivity index (χ1) is 16.9. The number of sulfonamides is 1. The van der Waals surface area contributed by atoms with Crippen LogP contribution in [0.15, 0.2) is 47.4 Å². The number of ether oxygens (including phenoxy) is 2. The number of hydrogen-bond acceptors (Lipinski definition) is 6. The second kappa shape index (κ2) is 11.2. The Hall–Kier alpha value is -2.91. The molecule has 2 aromatic carbocycles. The van der Waals surface area contributed by atoms with Gasteiger partial charge in [0, 0.05) is 13.1 Å². The number of esters is 1. The smallest absolute Gasteiger partial charge is 0.342 e. The topological polar surface area (TPSA) is 102 Å². The summed E-state index contributed by atoms with van der Waals surface area (Å²) in [5, 5.41) is 2.95. The molecule has 0 aromatic heterocycles. The number of methoxy groups -OCH3 is 1. The Morgan fingerprint density at radius 3 is 2.51 bits per heavy atom. The van der Waals surface area contributed by atoms with E-state index >= 15 is 0 Å². The van der Waals surface area contributed by atoms with Crippen LogP contribution < -0.4 is 10.1 Å². The fourth-order valence-corrected chi connectivity index (χ4v) is 6.33. The van der Waals surface area contributed by atoms with Gasteiger partial charge in [-0.2, -0.15) is 4.31 Å². The van der Waals surface area contributed by atoms with Crippen LogP contribution in [0.4, 0.5) is 0 Å². The molecule has 1 amide bonds. The summed E-state index contributed by atoms with van der Waals surface area (Å²) in [7, 11) is -2.36. The predicted molar refractivity (Wildman–Crippen MR) is 131 cm³/mol. The summed E-state index contributed by atoms with van der Waals surface area (Å²) in [6.07, 6.45) is 6.39. The van der Waals surface area contributed by atoms with Gasteiger partial charge in [0.1, 0.15) is 11.3 Å². The number of aryl methyl sites for hydroxylation is 1. The van der Waals surface area contributed by atoms with Crippen LogP contribution in [0, 0.1) is 0 Å². The molecular weight excluding hydrogens is 468 g/mol. The lowest BCUT2D eigenvalue weighted by molar-refractivity contribution is -0.125. The van der Waals surface area contributed by atoms with Crippen molar-refractivity contribution < 1.29 is 27.5 Å². The fourth-order valence-electron chi connectivity index (χ4n) is 4.79. The summed E-state index contributed by atoms with van der Waals surface area (Å²) in [6.45, 7) is 0.445. The van der Waals surface area contributed by atoms with Gasteiger partial charge in [0.2, 0.25) is 10.0 Å². The molecule has 1 atom stereocenters. The molecule has 1 aliphatic heterocycles. The maximum absolute atomic E-state index is 13.2. The normalized spacial score (nSPS) is 18.7. The van der Waals surface area contributed by atoms with Crippen molar-refractivity contribution in [1.82, 2.24) is 9.62 Å². The Kier molecular flexibility index (Phi) is 8.07. The molecule has 0 saturated carbocycles. The van der Waals surface area contributed by atoms with Crippen molar-refractivity contribution in [2.24, 2.45) is 0 Å². The minimum Gasteiger partial charge on any atom is -0.496 e. The molecule has 188 valence electrons. The zero-order valence-corrected chi connectivity index (χ0v) is 20.8. The average molecular weight is 501 g/mol. The summed E-state index contributed by atoms with van der Waals surface area (Å²) in [4.78, 5) is 25.4. The van der Waals surface area contributed by atoms with E-state index in [1.165, 1.54) is 35.2 Å². The molecule has 1 saturated heterocycles. The van der Waals surface area contributed by atoms with Gasteiger partial charge in [-0.3, -0.25) is 4.79 Å². The number of rotatable bonds is 7. The van der Waals surface area contributed by atoms with Crippen molar-refractivity contribution in [2.45, 2.75) is 55.9 Å². The van der Waals surface area contributed by atoms with E-state index in [1.807, 2.05) is 18.2 Å². The van der Waals surface area contributed by atoms with Gasteiger partial charge >= 0.3 is 5.97 Å². The minimum absolute atomic E-state index is 0.00964. The summed E-state index contributed by atoms with van der Waals surface area (Å²) >= 11 is 0. The quantitative estimate of drug-likeness (QED) is 0.583. The van der Waals surface area contributed by atoms with E-state index in [1.54, 1.807) is 0 Å². The molecule has 4 rings (SSSR count). The van der Waals surface area contributed by atoms with E-state index in [-0.39, 0.29) is 22.3 Å². The molecule has 1 N–H and O–H groups in total. The van der Waals surface area contributed by atoms with E-state index in [0.29, 0.717) is 13.1 Å². The molecule has 2 aromatic rings. The van der Waals surface area contributed by atoms with Crippen LogP contribution in [0.5, 0.6) is 5.75 Å². The van der Waals surface area contributed by atoms with Crippen LogP contribution in [-0.2, 0) is 26.0 Å². The molecule has 1 aliphatic carbocycles. The Morgan fingerprint density at radius 1 is 1.03 bits per heavy atom. The number of nitrogens with one attached hydrogen (secondary N) is 1. The SMILES string of the molecule is COc1ccc(S(=O)(=O)N2CCCCCC2)cc1C(=O)OCC(=O)NC1CCCc2ccccc21. The van der Waals surface area contributed by atoms with Crippen LogP contribution in [-0.4, -0.2) is 51.4 Å². The Bertz CT molecular complexity index is 1170. The van der Waals surface area contributed by atoms with Gasteiger partial charge in [0.05, 0.1) is 18.0 Å². The van der Waals surface area contributed by atoms with Crippen molar-refractivity contribution in [1.29, 1.82) is 0 Å². The van der Waals surface area contributed by atoms with Crippen molar-refractivity contribution in [3.05, 3.63) is 59.2 Å². The van der Waals surface area contributed by atoms with Crippen LogP contribution >= 0.6 is 0 Å². The van der Waals surface area contributed by atoms with Crippen LogP contribution in [0.2, 0.25) is 0 Å². The van der Waals surface area contributed by atoms with E-state index in [0.717, 1.165) is 50.5 Å². The van der Waals surface area contributed by atoms with E-state index in [4.69, 9.17) is 9.47 Å². The van der Waals surface area contributed by atoms with Gasteiger partial charge in [0.25, 0.3) is 5.91 Å². The van der Waals surface area contributed by atoms with E-state index < -0.39 is 28.5 Å². The Balaban J connectivity index is 1.44. The van der Waals surface area contributed by atoms with Gasteiger partial charge in [-0.05, 0) is 61.4 Å². The number of nitrogens with zero attached hydrogens (tertiary/aromatic N) is 1. The third-order valence-electron chi connectivity index (χ3n) is 6.63. The molecular formula is C26H32N2O6S. The van der Waals surface area contributed by atoms with Gasteiger partial charge in [-0.25, -0.2) is 13.2 Å². The highest BCUT2D eigenvalue weighted by Crippen LogP contribution is 2.30. The molecule has 8 nitrogen and oxygen atoms in total. The molecule has 0 bridgehead atoms. The Morgan fingerprint density at radius 2 is 1.77 bits per heavy atom. The third kappa shape index (κ3) is 5.85. The van der Waals surface area contributed by atoms with Crippen LogP contribution in [0.1, 0.15) is 66.1 Å². The standard InChI is InChI=1S/C26H32N2O6S/c1-33-24-14-13-20(35(31,32)28-15-6-2-3-7-16-28)17-22(24)26(30)34-18-25(29)27-23-12-8-10-19-9-4-5-11-21(19)23/h4-5,9,11,13-14,17,23H,2-3,6-8,10,12,15-16,18H2,1H3,(H,27,29). The number of carbonyl (C=O) groups excluding carboxylic acids is 2. The summed E-state index contributed by atoms with van der Waals surface area (Å²) in [6, 6.07) is 12.0. The lowest BCUT2D eigenvalue weighted by Gasteiger charge is -2.26. The van der Waals surface area contributed by atoms with Gasteiger partial charge < -0.3 is 14.8 Å². The van der Waals surface area contributed by atoms with Crippen molar-refractivity contribution >= 4 is 21.9 Å². The molecule has 2 aliphatic rings. The first-order valence-electron chi connectivity index (χ1n) is 12.1. The lowest BCUT2D eigenvalue weighted by atomic mass is 9.88. The van der Waals surface area contributed by atoms with E-state index in [9.17, 15) is 18.0 Å². The highest BCUT2D eigenvalue weighted by atomic mass is 32.2. The molecule has 0 radical (unpaired) electrons. The summed E-state index contributed by atoms with van der Waals surface area (Å²) < 4.78 is 38.3. The van der Waals surface area contributed by atoms with Gasteiger partial charge in [-0.15, -0.1) is 0 Å². The average Bonchev–Trinajstić information content (AvgIpc) is 3.17. The van der Waals surface area contributed by atoms with Crippen molar-refractivity contribution in [3.63, 3.8) is 0 Å². The van der Waals surface area contributed by atoms with Crippen molar-refractivity contribution in [2.75, 3.05) is 26.8 Å². The summed E-state index contributed by atoms with van der Waals surface area (Å²) in [5.74, 6) is -1.03. The van der Waals surface area contributed by atoms with Crippen molar-refractivity contribution in [3.8, 4) is 5.75 Å². The number of benzene rings is 2. The lowest BCUT2D eigenvalue weighted by Crippen LogP contribution is -2.34. The zero-order chi connectivity index (χ0) is 24.8. The molecule has 1 fully saturated rings. The maximum atomic E-state index is 13.2. The third-order valence-corrected chi connectivity index (χ3v) is 8.53. The largest absolute Gasteiger partial charge is 0.496 e. The second-order valence-corrected chi connectivity index (χ2v) is 10.9. The minimum atomic E-state index is -3.75. The monoisotopic (exact) mass is 500 g/mol. The predicted octanol–water partition coefficient (Wildman–Crippen LogP) is 3.61. The van der Waals surface area contributed by atoms with Crippen LogP contribution in [0.25, 0.3) is 0 Å². The Labute approximate surface area is 206 Å². The molecule has 35 heavy (non-hydrogen) atoms. The number of fused-ring (bicyclic) bond motifs is 1. The molecule has 1 heterocycles. The van der Waals surface area contributed by atoms with Crippen LogP contribution in [0.3, 0.4) is 0 Å². The first-order valence-corrected chi connectivity index (χ1v) is 13.6. The maximum Gasteiger partial charge on any atom is 0.342 e. The molecule has 0 spiro atoms. The first kappa shape index (κ1) is 25.2. The summed E-state index contributed by atoms with van der Waals surface area (Å²) in [5.41, 5.74) is 2.28.